The standard InChI is InChI=1S/C20H20N4O4/c1-28-16-8-11(17(21)25)6-7-14(16)23-18(26)15-9-20(10-22-15)12-4-2-3-5-13(12)24-19(20)27/h2-8,15,22H,9-10H2,1H3,(H2,21,25)(H,23,26)(H,24,27). The van der Waals surface area contributed by atoms with Gasteiger partial charge in [0.15, 0.2) is 0 Å². The van der Waals surface area contributed by atoms with Gasteiger partial charge in [-0.25, -0.2) is 0 Å². The Morgan fingerprint density at radius 1 is 1.25 bits per heavy atom. The van der Waals surface area contributed by atoms with Crippen LogP contribution in [0.5, 0.6) is 5.75 Å². The highest BCUT2D eigenvalue weighted by Gasteiger charge is 2.52. The number of primary amides is 1. The van der Waals surface area contributed by atoms with Gasteiger partial charge in [-0.15, -0.1) is 0 Å². The van der Waals surface area contributed by atoms with E-state index in [1.807, 2.05) is 24.3 Å². The Balaban J connectivity index is 1.54. The minimum absolute atomic E-state index is 0.0973. The topological polar surface area (TPSA) is 123 Å². The summed E-state index contributed by atoms with van der Waals surface area (Å²) >= 11 is 0. The van der Waals surface area contributed by atoms with Gasteiger partial charge in [-0.05, 0) is 36.2 Å². The molecule has 8 nitrogen and oxygen atoms in total. The van der Waals surface area contributed by atoms with Crippen molar-refractivity contribution in [3.8, 4) is 5.75 Å². The molecule has 2 aromatic carbocycles. The van der Waals surface area contributed by atoms with E-state index in [2.05, 4.69) is 16.0 Å². The van der Waals surface area contributed by atoms with Gasteiger partial charge < -0.3 is 26.4 Å². The Morgan fingerprint density at radius 2 is 2.04 bits per heavy atom. The molecule has 2 aromatic rings. The summed E-state index contributed by atoms with van der Waals surface area (Å²) in [6, 6.07) is 11.6. The number of amides is 3. The summed E-state index contributed by atoms with van der Waals surface area (Å²) in [4.78, 5) is 36.8. The second-order valence-corrected chi connectivity index (χ2v) is 6.99. The zero-order valence-corrected chi connectivity index (χ0v) is 15.2. The highest BCUT2D eigenvalue weighted by molar-refractivity contribution is 6.08. The highest BCUT2D eigenvalue weighted by atomic mass is 16.5. The number of anilines is 2. The molecule has 2 aliphatic rings. The van der Waals surface area contributed by atoms with Crippen molar-refractivity contribution < 1.29 is 19.1 Å². The van der Waals surface area contributed by atoms with Crippen molar-refractivity contribution in [2.24, 2.45) is 5.73 Å². The summed E-state index contributed by atoms with van der Waals surface area (Å²) in [7, 11) is 1.44. The quantitative estimate of drug-likeness (QED) is 0.630. The van der Waals surface area contributed by atoms with Crippen LogP contribution in [0.25, 0.3) is 0 Å². The van der Waals surface area contributed by atoms with E-state index in [9.17, 15) is 14.4 Å². The molecule has 28 heavy (non-hydrogen) atoms. The van der Waals surface area contributed by atoms with Gasteiger partial charge >= 0.3 is 0 Å². The minimum atomic E-state index is -0.751. The summed E-state index contributed by atoms with van der Waals surface area (Å²) in [5.74, 6) is -0.623. The Hall–Kier alpha value is -3.39. The van der Waals surface area contributed by atoms with Crippen molar-refractivity contribution in [1.82, 2.24) is 5.32 Å². The summed E-state index contributed by atoms with van der Waals surface area (Å²) in [5, 5.41) is 8.86. The van der Waals surface area contributed by atoms with Crippen LogP contribution in [0.3, 0.4) is 0 Å². The van der Waals surface area contributed by atoms with Crippen LogP contribution in [0.1, 0.15) is 22.3 Å². The number of hydrogen-bond acceptors (Lipinski definition) is 5. The third kappa shape index (κ3) is 2.78. The van der Waals surface area contributed by atoms with E-state index in [-0.39, 0.29) is 17.4 Å². The first-order chi connectivity index (χ1) is 13.4. The van der Waals surface area contributed by atoms with E-state index in [4.69, 9.17) is 10.5 Å². The van der Waals surface area contributed by atoms with Gasteiger partial charge in [0.05, 0.1) is 24.3 Å². The fraction of sp³-hybridized carbons (Fsp3) is 0.250. The average molecular weight is 380 g/mol. The van der Waals surface area contributed by atoms with Crippen molar-refractivity contribution in [1.29, 1.82) is 0 Å². The van der Waals surface area contributed by atoms with Crippen molar-refractivity contribution in [3.05, 3.63) is 53.6 Å². The first kappa shape index (κ1) is 18.0. The number of ether oxygens (including phenoxy) is 1. The normalized spacial score (nSPS) is 22.6. The Bertz CT molecular complexity index is 990. The molecule has 0 bridgehead atoms. The van der Waals surface area contributed by atoms with Crippen LogP contribution in [0.4, 0.5) is 11.4 Å². The van der Waals surface area contributed by atoms with E-state index in [1.165, 1.54) is 19.2 Å². The number of para-hydroxylation sites is 1. The van der Waals surface area contributed by atoms with E-state index in [0.29, 0.717) is 24.4 Å². The van der Waals surface area contributed by atoms with Gasteiger partial charge in [-0.2, -0.15) is 0 Å². The van der Waals surface area contributed by atoms with Crippen molar-refractivity contribution in [2.45, 2.75) is 17.9 Å². The fourth-order valence-electron chi connectivity index (χ4n) is 3.90. The predicted octanol–water partition coefficient (Wildman–Crippen LogP) is 0.985. The van der Waals surface area contributed by atoms with E-state index in [1.54, 1.807) is 6.07 Å². The summed E-state index contributed by atoms with van der Waals surface area (Å²) in [6.07, 6.45) is 0.351. The molecule has 0 radical (unpaired) electrons. The van der Waals surface area contributed by atoms with Gasteiger partial charge in [0.2, 0.25) is 17.7 Å². The van der Waals surface area contributed by atoms with Gasteiger partial charge in [0, 0.05) is 17.8 Å². The van der Waals surface area contributed by atoms with Crippen LogP contribution in [0, 0.1) is 0 Å². The molecule has 1 saturated heterocycles. The molecule has 0 saturated carbocycles. The lowest BCUT2D eigenvalue weighted by atomic mass is 9.79. The molecule has 2 heterocycles. The van der Waals surface area contributed by atoms with E-state index < -0.39 is 17.4 Å². The van der Waals surface area contributed by atoms with Crippen LogP contribution in [0.15, 0.2) is 42.5 Å². The maximum absolute atomic E-state index is 12.8. The summed E-state index contributed by atoms with van der Waals surface area (Å²) < 4.78 is 5.25. The monoisotopic (exact) mass is 380 g/mol. The minimum Gasteiger partial charge on any atom is -0.495 e. The molecular formula is C20H20N4O4. The second kappa shape index (κ2) is 6.65. The average Bonchev–Trinajstić information content (AvgIpc) is 3.25. The number of hydrogen-bond donors (Lipinski definition) is 4. The predicted molar refractivity (Wildman–Crippen MR) is 103 cm³/mol. The summed E-state index contributed by atoms with van der Waals surface area (Å²) in [6.45, 7) is 0.381. The maximum atomic E-state index is 12.8. The lowest BCUT2D eigenvalue weighted by molar-refractivity contribution is -0.120. The Labute approximate surface area is 161 Å². The van der Waals surface area contributed by atoms with Crippen molar-refractivity contribution in [2.75, 3.05) is 24.3 Å². The molecule has 4 rings (SSSR count). The number of methoxy groups -OCH3 is 1. The van der Waals surface area contributed by atoms with Crippen LogP contribution in [0.2, 0.25) is 0 Å². The van der Waals surface area contributed by atoms with Crippen LogP contribution in [-0.4, -0.2) is 37.4 Å². The molecule has 0 aliphatic carbocycles. The lowest BCUT2D eigenvalue weighted by Crippen LogP contribution is -2.36. The van der Waals surface area contributed by atoms with Crippen molar-refractivity contribution in [3.63, 3.8) is 0 Å². The smallest absolute Gasteiger partial charge is 0.248 e. The number of carbonyl (C=O) groups excluding carboxylic acids is 3. The molecule has 1 fully saturated rings. The maximum Gasteiger partial charge on any atom is 0.248 e. The molecule has 2 atom stereocenters. The third-order valence-electron chi connectivity index (χ3n) is 5.39. The Kier molecular flexibility index (Phi) is 4.27. The molecule has 2 aliphatic heterocycles. The molecule has 8 heteroatoms. The van der Waals surface area contributed by atoms with E-state index >= 15 is 0 Å². The SMILES string of the molecule is COc1cc(C(N)=O)ccc1NC(=O)C1CC2(CN1)C(=O)Nc1ccccc12. The molecular weight excluding hydrogens is 360 g/mol. The number of rotatable bonds is 4. The molecule has 3 amide bonds. The third-order valence-corrected chi connectivity index (χ3v) is 5.39. The second-order valence-electron chi connectivity index (χ2n) is 6.99. The fourth-order valence-corrected chi connectivity index (χ4v) is 3.90. The molecule has 2 unspecified atom stereocenters. The van der Waals surface area contributed by atoms with Gasteiger partial charge in [-0.1, -0.05) is 18.2 Å². The number of fused-ring (bicyclic) bond motifs is 2. The number of carbonyl (C=O) groups is 3. The number of benzene rings is 2. The van der Waals surface area contributed by atoms with Crippen LogP contribution >= 0.6 is 0 Å². The molecule has 5 N–H and O–H groups in total. The van der Waals surface area contributed by atoms with E-state index in [0.717, 1.165) is 11.3 Å². The first-order valence-electron chi connectivity index (χ1n) is 8.88. The number of nitrogens with one attached hydrogen (secondary N) is 3. The highest BCUT2D eigenvalue weighted by Crippen LogP contribution is 2.43. The zero-order chi connectivity index (χ0) is 19.9. The van der Waals surface area contributed by atoms with Crippen molar-refractivity contribution >= 4 is 29.1 Å². The zero-order valence-electron chi connectivity index (χ0n) is 15.2. The van der Waals surface area contributed by atoms with Gasteiger partial charge in [-0.3, -0.25) is 14.4 Å². The molecule has 1 spiro atoms. The molecule has 144 valence electrons. The van der Waals surface area contributed by atoms with Gasteiger partial charge in [0.25, 0.3) is 0 Å². The number of nitrogens with two attached hydrogens (primary N) is 1. The van der Waals surface area contributed by atoms with Crippen LogP contribution in [-0.2, 0) is 15.0 Å². The van der Waals surface area contributed by atoms with Gasteiger partial charge in [0.1, 0.15) is 5.75 Å². The lowest BCUT2D eigenvalue weighted by Gasteiger charge is -2.20. The molecule has 0 aromatic heterocycles. The first-order valence-corrected chi connectivity index (χ1v) is 8.88. The largest absolute Gasteiger partial charge is 0.495 e. The summed E-state index contributed by atoms with van der Waals surface area (Å²) in [5.41, 5.74) is 6.94. The van der Waals surface area contributed by atoms with Crippen LogP contribution < -0.4 is 26.4 Å². The Morgan fingerprint density at radius 3 is 2.79 bits per heavy atom.